The maximum absolute atomic E-state index is 12.9. The van der Waals surface area contributed by atoms with Crippen LogP contribution in [0.1, 0.15) is 58.8 Å². The molecule has 0 amide bonds. The van der Waals surface area contributed by atoms with E-state index in [9.17, 15) is 13.2 Å². The Morgan fingerprint density at radius 1 is 1.10 bits per heavy atom. The molecule has 1 N–H and O–H groups in total. The van der Waals surface area contributed by atoms with E-state index in [0.29, 0.717) is 5.92 Å². The first-order valence-electron chi connectivity index (χ1n) is 8.50. The Hall–Kier alpha value is -0.290. The van der Waals surface area contributed by atoms with Crippen LogP contribution in [0.15, 0.2) is 0 Å². The average molecular weight is 306 g/mol. The Morgan fingerprint density at radius 3 is 2.33 bits per heavy atom. The first kappa shape index (κ1) is 17.1. The third kappa shape index (κ3) is 5.13. The van der Waals surface area contributed by atoms with Gasteiger partial charge >= 0.3 is 6.18 Å². The maximum Gasteiger partial charge on any atom is 0.401 e. The van der Waals surface area contributed by atoms with Crippen LogP contribution in [-0.2, 0) is 0 Å². The molecular formula is C16H29F3N2. The summed E-state index contributed by atoms with van der Waals surface area (Å²) >= 11 is 0. The second kappa shape index (κ2) is 7.32. The van der Waals surface area contributed by atoms with Gasteiger partial charge in [0.1, 0.15) is 0 Å². The van der Waals surface area contributed by atoms with Gasteiger partial charge in [0, 0.05) is 18.1 Å². The fraction of sp³-hybridized carbons (Fsp3) is 1.00. The van der Waals surface area contributed by atoms with Crippen LogP contribution in [0.2, 0.25) is 0 Å². The first-order valence-corrected chi connectivity index (χ1v) is 8.50. The Bertz CT molecular complexity index is 315. The van der Waals surface area contributed by atoms with E-state index in [2.05, 4.69) is 19.2 Å². The van der Waals surface area contributed by atoms with E-state index in [1.807, 2.05) is 0 Å². The molecule has 0 radical (unpaired) electrons. The summed E-state index contributed by atoms with van der Waals surface area (Å²) in [5.74, 6) is 0.587. The van der Waals surface area contributed by atoms with E-state index in [4.69, 9.17) is 0 Å². The topological polar surface area (TPSA) is 15.3 Å². The predicted molar refractivity (Wildman–Crippen MR) is 79.3 cm³/mol. The Balaban J connectivity index is 2.07. The number of nitrogens with zero attached hydrogens (tertiary/aromatic N) is 1. The molecule has 2 nitrogen and oxygen atoms in total. The Labute approximate surface area is 126 Å². The number of hydrogen-bond acceptors (Lipinski definition) is 2. The van der Waals surface area contributed by atoms with E-state index < -0.39 is 12.7 Å². The van der Waals surface area contributed by atoms with E-state index in [-0.39, 0.29) is 18.1 Å². The van der Waals surface area contributed by atoms with Crippen LogP contribution in [0.25, 0.3) is 0 Å². The Kier molecular flexibility index (Phi) is 5.95. The summed E-state index contributed by atoms with van der Waals surface area (Å²) in [5, 5.41) is 3.51. The van der Waals surface area contributed by atoms with Crippen molar-refractivity contribution in [2.24, 2.45) is 5.92 Å². The van der Waals surface area contributed by atoms with E-state index >= 15 is 0 Å². The molecule has 2 rings (SSSR count). The average Bonchev–Trinajstić information content (AvgIpc) is 3.26. The van der Waals surface area contributed by atoms with Crippen molar-refractivity contribution in [2.45, 2.75) is 83.1 Å². The summed E-state index contributed by atoms with van der Waals surface area (Å²) in [6, 6.07) is 0.457. The smallest absolute Gasteiger partial charge is 0.312 e. The highest BCUT2D eigenvalue weighted by molar-refractivity contribution is 4.97. The quantitative estimate of drug-likeness (QED) is 0.766. The number of alkyl halides is 3. The number of rotatable bonds is 7. The summed E-state index contributed by atoms with van der Waals surface area (Å²) in [5.41, 5.74) is 0. The molecule has 2 aliphatic carbocycles. The number of hydrogen-bond donors (Lipinski definition) is 1. The van der Waals surface area contributed by atoms with Crippen LogP contribution < -0.4 is 5.32 Å². The van der Waals surface area contributed by atoms with Gasteiger partial charge in [0.2, 0.25) is 0 Å². The van der Waals surface area contributed by atoms with Crippen LogP contribution >= 0.6 is 0 Å². The predicted octanol–water partition coefficient (Wildman–Crippen LogP) is 3.96. The first-order chi connectivity index (χ1) is 9.94. The normalized spacial score (nSPS) is 30.9. The van der Waals surface area contributed by atoms with Crippen molar-refractivity contribution in [3.63, 3.8) is 0 Å². The standard InChI is InChI=1S/C16H29F3N2/c1-3-9-20-14-8-5-12(4-2)10-15(14)21(13-6-7-13)11-16(17,18)19/h12-15,20H,3-11H2,1-2H3. The molecule has 0 aromatic heterocycles. The van der Waals surface area contributed by atoms with Crippen molar-refractivity contribution >= 4 is 0 Å². The van der Waals surface area contributed by atoms with Gasteiger partial charge in [0.15, 0.2) is 0 Å². The molecule has 21 heavy (non-hydrogen) atoms. The highest BCUT2D eigenvalue weighted by Crippen LogP contribution is 2.38. The second-order valence-corrected chi connectivity index (χ2v) is 6.73. The van der Waals surface area contributed by atoms with Crippen molar-refractivity contribution in [1.29, 1.82) is 0 Å². The van der Waals surface area contributed by atoms with Crippen LogP contribution in [-0.4, -0.2) is 42.3 Å². The molecule has 2 fully saturated rings. The minimum atomic E-state index is -4.09. The van der Waals surface area contributed by atoms with Crippen molar-refractivity contribution in [3.05, 3.63) is 0 Å². The lowest BCUT2D eigenvalue weighted by Gasteiger charge is -2.43. The highest BCUT2D eigenvalue weighted by atomic mass is 19.4. The van der Waals surface area contributed by atoms with Gasteiger partial charge in [-0.2, -0.15) is 13.2 Å². The lowest BCUT2D eigenvalue weighted by molar-refractivity contribution is -0.156. The Morgan fingerprint density at radius 2 is 1.81 bits per heavy atom. The van der Waals surface area contributed by atoms with Crippen molar-refractivity contribution < 1.29 is 13.2 Å². The molecule has 0 bridgehead atoms. The van der Waals surface area contributed by atoms with Crippen LogP contribution in [0.5, 0.6) is 0 Å². The van der Waals surface area contributed by atoms with Gasteiger partial charge < -0.3 is 5.32 Å². The van der Waals surface area contributed by atoms with Crippen LogP contribution in [0, 0.1) is 5.92 Å². The van der Waals surface area contributed by atoms with E-state index in [1.165, 1.54) is 0 Å². The zero-order valence-corrected chi connectivity index (χ0v) is 13.3. The summed E-state index contributed by atoms with van der Waals surface area (Å²) in [4.78, 5) is 1.77. The van der Waals surface area contributed by atoms with Crippen molar-refractivity contribution in [3.8, 4) is 0 Å². The van der Waals surface area contributed by atoms with E-state index in [0.717, 1.165) is 51.5 Å². The van der Waals surface area contributed by atoms with Gasteiger partial charge in [0.25, 0.3) is 0 Å². The number of nitrogens with one attached hydrogen (secondary N) is 1. The van der Waals surface area contributed by atoms with Gasteiger partial charge in [-0.15, -0.1) is 0 Å². The molecule has 124 valence electrons. The summed E-state index contributed by atoms with van der Waals surface area (Å²) in [6.07, 6.45) is 2.99. The molecule has 3 unspecified atom stereocenters. The van der Waals surface area contributed by atoms with Gasteiger partial charge in [-0.3, -0.25) is 4.90 Å². The fourth-order valence-electron chi connectivity index (χ4n) is 3.67. The zero-order valence-electron chi connectivity index (χ0n) is 13.3. The van der Waals surface area contributed by atoms with Crippen LogP contribution in [0.3, 0.4) is 0 Å². The lowest BCUT2D eigenvalue weighted by Crippen LogP contribution is -2.56. The minimum Gasteiger partial charge on any atom is -0.312 e. The molecule has 2 aliphatic rings. The molecule has 5 heteroatoms. The van der Waals surface area contributed by atoms with Crippen molar-refractivity contribution in [1.82, 2.24) is 10.2 Å². The van der Waals surface area contributed by atoms with Crippen LogP contribution in [0.4, 0.5) is 13.2 Å². The summed E-state index contributed by atoms with van der Waals surface area (Å²) in [6.45, 7) is 4.44. The third-order valence-corrected chi connectivity index (χ3v) is 4.96. The van der Waals surface area contributed by atoms with Gasteiger partial charge in [0.05, 0.1) is 6.54 Å². The van der Waals surface area contributed by atoms with Gasteiger partial charge in [-0.25, -0.2) is 0 Å². The lowest BCUT2D eigenvalue weighted by atomic mass is 9.80. The molecular weight excluding hydrogens is 277 g/mol. The zero-order chi connectivity index (χ0) is 15.5. The summed E-state index contributed by atoms with van der Waals surface area (Å²) in [7, 11) is 0. The molecule has 0 spiro atoms. The third-order valence-electron chi connectivity index (χ3n) is 4.96. The minimum absolute atomic E-state index is 0.0596. The molecule has 0 heterocycles. The number of halogens is 3. The maximum atomic E-state index is 12.9. The largest absolute Gasteiger partial charge is 0.401 e. The SMILES string of the molecule is CCCNC1CCC(CC)CC1N(CC(F)(F)F)C1CC1. The molecule has 0 aromatic carbocycles. The van der Waals surface area contributed by atoms with E-state index in [1.54, 1.807) is 4.90 Å². The monoisotopic (exact) mass is 306 g/mol. The molecule has 0 aromatic rings. The molecule has 0 aliphatic heterocycles. The second-order valence-electron chi connectivity index (χ2n) is 6.73. The van der Waals surface area contributed by atoms with Gasteiger partial charge in [-0.05, 0) is 51.0 Å². The summed E-state index contributed by atoms with van der Waals surface area (Å²) < 4.78 is 38.8. The highest BCUT2D eigenvalue weighted by Gasteiger charge is 2.44. The molecule has 2 saturated carbocycles. The van der Waals surface area contributed by atoms with Gasteiger partial charge in [-0.1, -0.05) is 20.3 Å². The molecule has 3 atom stereocenters. The van der Waals surface area contributed by atoms with Crippen molar-refractivity contribution in [2.75, 3.05) is 13.1 Å². The molecule has 0 saturated heterocycles. The fourth-order valence-corrected chi connectivity index (χ4v) is 3.67.